The number of carboxylic acids is 1. The van der Waals surface area contributed by atoms with E-state index in [9.17, 15) is 9.90 Å². The number of methoxy groups -OCH3 is 3. The number of carbonyl (C=O) groups is 1. The molecule has 0 unspecified atom stereocenters. The lowest BCUT2D eigenvalue weighted by atomic mass is 10.0. The molecular weight excluding hydrogens is 320 g/mol. The third-order valence-corrected chi connectivity index (χ3v) is 3.83. The van der Waals surface area contributed by atoms with Crippen LogP contribution in [0.25, 0.3) is 6.08 Å². The van der Waals surface area contributed by atoms with Gasteiger partial charge in [0.25, 0.3) is 0 Å². The van der Waals surface area contributed by atoms with Gasteiger partial charge in [-0.2, -0.15) is 0 Å². The second-order valence-electron chi connectivity index (χ2n) is 5.42. The molecule has 0 radical (unpaired) electrons. The molecule has 132 valence electrons. The molecule has 5 heteroatoms. The van der Waals surface area contributed by atoms with Crippen LogP contribution in [0.1, 0.15) is 17.5 Å². The first kappa shape index (κ1) is 18.4. The van der Waals surface area contributed by atoms with Crippen molar-refractivity contribution in [3.8, 4) is 17.2 Å². The summed E-state index contributed by atoms with van der Waals surface area (Å²) in [6.45, 7) is 0. The van der Waals surface area contributed by atoms with Crippen molar-refractivity contribution in [1.82, 2.24) is 0 Å². The summed E-state index contributed by atoms with van der Waals surface area (Å²) < 4.78 is 15.9. The minimum atomic E-state index is -0.940. The Morgan fingerprint density at radius 2 is 1.60 bits per heavy atom. The maximum absolute atomic E-state index is 11.6. The molecule has 0 bridgehead atoms. The van der Waals surface area contributed by atoms with Gasteiger partial charge < -0.3 is 19.3 Å². The Bertz CT molecular complexity index is 725. The summed E-state index contributed by atoms with van der Waals surface area (Å²) in [5, 5.41) is 9.51. The number of carboxylic acid groups (broad SMARTS) is 1. The zero-order valence-electron chi connectivity index (χ0n) is 14.6. The third-order valence-electron chi connectivity index (χ3n) is 3.83. The molecule has 0 aliphatic carbocycles. The fourth-order valence-corrected chi connectivity index (χ4v) is 2.55. The van der Waals surface area contributed by atoms with Crippen molar-refractivity contribution in [2.45, 2.75) is 12.8 Å². The van der Waals surface area contributed by atoms with Crippen LogP contribution in [0.3, 0.4) is 0 Å². The van der Waals surface area contributed by atoms with Gasteiger partial charge in [0.2, 0.25) is 5.75 Å². The maximum atomic E-state index is 11.6. The van der Waals surface area contributed by atoms with Crippen LogP contribution in [0.2, 0.25) is 0 Å². The van der Waals surface area contributed by atoms with Gasteiger partial charge in [-0.15, -0.1) is 0 Å². The highest BCUT2D eigenvalue weighted by Gasteiger charge is 2.14. The first-order valence-corrected chi connectivity index (χ1v) is 7.86. The largest absolute Gasteiger partial charge is 0.493 e. The number of benzene rings is 2. The van der Waals surface area contributed by atoms with E-state index in [1.807, 2.05) is 30.3 Å². The molecule has 25 heavy (non-hydrogen) atoms. The standard InChI is InChI=1S/C20H22O5/c1-23-17-12-15(13-18(24-2)19(17)25-3)11-16(20(21)22)10-9-14-7-5-4-6-8-14/h4-8,11-13H,9-10H2,1-3H3,(H,21,22)/b16-11+. The predicted molar refractivity (Wildman–Crippen MR) is 96.5 cm³/mol. The van der Waals surface area contributed by atoms with Gasteiger partial charge in [-0.1, -0.05) is 30.3 Å². The molecule has 0 aliphatic rings. The van der Waals surface area contributed by atoms with Crippen LogP contribution < -0.4 is 14.2 Å². The molecule has 0 saturated carbocycles. The Balaban J connectivity index is 2.31. The van der Waals surface area contributed by atoms with Gasteiger partial charge in [0.05, 0.1) is 21.3 Å². The molecule has 2 aromatic carbocycles. The first-order valence-electron chi connectivity index (χ1n) is 7.86. The Kier molecular flexibility index (Phi) is 6.46. The molecule has 0 saturated heterocycles. The molecule has 5 nitrogen and oxygen atoms in total. The molecule has 0 fully saturated rings. The molecule has 1 N–H and O–H groups in total. The van der Waals surface area contributed by atoms with E-state index in [0.29, 0.717) is 41.2 Å². The van der Waals surface area contributed by atoms with Gasteiger partial charge in [0.15, 0.2) is 11.5 Å². The third kappa shape index (κ3) is 4.76. The summed E-state index contributed by atoms with van der Waals surface area (Å²) in [5.41, 5.74) is 2.10. The minimum Gasteiger partial charge on any atom is -0.493 e. The number of rotatable bonds is 8. The van der Waals surface area contributed by atoms with Crippen LogP contribution >= 0.6 is 0 Å². The Labute approximate surface area is 147 Å². The second-order valence-corrected chi connectivity index (χ2v) is 5.42. The fraction of sp³-hybridized carbons (Fsp3) is 0.250. The zero-order chi connectivity index (χ0) is 18.2. The van der Waals surface area contributed by atoms with Crippen LogP contribution in [0.5, 0.6) is 17.2 Å². The van der Waals surface area contributed by atoms with Crippen molar-refractivity contribution >= 4 is 12.0 Å². The van der Waals surface area contributed by atoms with Gasteiger partial charge in [-0.3, -0.25) is 0 Å². The smallest absolute Gasteiger partial charge is 0.331 e. The molecule has 0 spiro atoms. The lowest BCUT2D eigenvalue weighted by Gasteiger charge is -2.13. The number of hydrogen-bond donors (Lipinski definition) is 1. The molecule has 2 aromatic rings. The SMILES string of the molecule is COc1cc(/C=C(\CCc2ccccc2)C(=O)O)cc(OC)c1OC. The lowest BCUT2D eigenvalue weighted by molar-refractivity contribution is -0.132. The van der Waals surface area contributed by atoms with Gasteiger partial charge in [-0.25, -0.2) is 4.79 Å². The van der Waals surface area contributed by atoms with Crippen molar-refractivity contribution in [2.24, 2.45) is 0 Å². The molecular formula is C20H22O5. The fourth-order valence-electron chi connectivity index (χ4n) is 2.55. The number of aryl methyl sites for hydroxylation is 1. The van der Waals surface area contributed by atoms with E-state index in [-0.39, 0.29) is 0 Å². The number of hydrogen-bond acceptors (Lipinski definition) is 4. The van der Waals surface area contributed by atoms with E-state index in [0.717, 1.165) is 5.56 Å². The Morgan fingerprint density at radius 3 is 2.08 bits per heavy atom. The Hall–Kier alpha value is -2.95. The van der Waals surface area contributed by atoms with E-state index >= 15 is 0 Å². The highest BCUT2D eigenvalue weighted by Crippen LogP contribution is 2.38. The molecule has 0 atom stereocenters. The van der Waals surface area contributed by atoms with Gasteiger partial charge in [0.1, 0.15) is 0 Å². The quantitative estimate of drug-likeness (QED) is 0.739. The zero-order valence-corrected chi connectivity index (χ0v) is 14.6. The van der Waals surface area contributed by atoms with Crippen molar-refractivity contribution in [2.75, 3.05) is 21.3 Å². The summed E-state index contributed by atoms with van der Waals surface area (Å²) >= 11 is 0. The topological polar surface area (TPSA) is 65.0 Å². The van der Waals surface area contributed by atoms with E-state index < -0.39 is 5.97 Å². The first-order chi connectivity index (χ1) is 12.1. The number of ether oxygens (including phenoxy) is 3. The second kappa shape index (κ2) is 8.78. The molecule has 0 aromatic heterocycles. The van der Waals surface area contributed by atoms with Crippen molar-refractivity contribution < 1.29 is 24.1 Å². The van der Waals surface area contributed by atoms with Crippen LogP contribution in [0.15, 0.2) is 48.0 Å². The molecule has 2 rings (SSSR count). The summed E-state index contributed by atoms with van der Waals surface area (Å²) in [6, 6.07) is 13.3. The van der Waals surface area contributed by atoms with Crippen LogP contribution in [0, 0.1) is 0 Å². The lowest BCUT2D eigenvalue weighted by Crippen LogP contribution is -2.02. The van der Waals surface area contributed by atoms with Crippen molar-refractivity contribution in [3.63, 3.8) is 0 Å². The monoisotopic (exact) mass is 342 g/mol. The maximum Gasteiger partial charge on any atom is 0.331 e. The van der Waals surface area contributed by atoms with Gasteiger partial charge in [0, 0.05) is 5.57 Å². The molecule has 0 heterocycles. The van der Waals surface area contributed by atoms with E-state index in [2.05, 4.69) is 0 Å². The summed E-state index contributed by atoms with van der Waals surface area (Å²) in [6.07, 6.45) is 2.72. The average Bonchev–Trinajstić information content (AvgIpc) is 2.64. The highest BCUT2D eigenvalue weighted by atomic mass is 16.5. The van der Waals surface area contributed by atoms with Crippen LogP contribution in [-0.4, -0.2) is 32.4 Å². The average molecular weight is 342 g/mol. The predicted octanol–water partition coefficient (Wildman–Crippen LogP) is 3.81. The molecule has 0 amide bonds. The van der Waals surface area contributed by atoms with E-state index in [1.165, 1.54) is 21.3 Å². The van der Waals surface area contributed by atoms with Crippen molar-refractivity contribution in [3.05, 3.63) is 59.2 Å². The van der Waals surface area contributed by atoms with E-state index in [1.54, 1.807) is 18.2 Å². The van der Waals surface area contributed by atoms with Gasteiger partial charge >= 0.3 is 5.97 Å². The summed E-state index contributed by atoms with van der Waals surface area (Å²) in [7, 11) is 4.58. The minimum absolute atomic E-state index is 0.318. The molecule has 0 aliphatic heterocycles. The highest BCUT2D eigenvalue weighted by molar-refractivity contribution is 5.92. The van der Waals surface area contributed by atoms with E-state index in [4.69, 9.17) is 14.2 Å². The Morgan fingerprint density at radius 1 is 1.00 bits per heavy atom. The number of aliphatic carboxylic acids is 1. The van der Waals surface area contributed by atoms with Gasteiger partial charge in [-0.05, 0) is 42.2 Å². The summed E-state index contributed by atoms with van der Waals surface area (Å²) in [4.78, 5) is 11.6. The van der Waals surface area contributed by atoms with Crippen molar-refractivity contribution in [1.29, 1.82) is 0 Å². The normalized spacial score (nSPS) is 11.1. The van der Waals surface area contributed by atoms with Crippen LogP contribution in [-0.2, 0) is 11.2 Å². The summed E-state index contributed by atoms with van der Waals surface area (Å²) in [5.74, 6) is 0.509. The van der Waals surface area contributed by atoms with Crippen LogP contribution in [0.4, 0.5) is 0 Å².